The third kappa shape index (κ3) is 2.09. The Kier molecular flexibility index (Phi) is 3.61. The first-order chi connectivity index (χ1) is 9.40. The summed E-state index contributed by atoms with van der Waals surface area (Å²) in [6.45, 7) is 1.67. The van der Waals surface area contributed by atoms with E-state index in [1.807, 2.05) is 0 Å². The predicted octanol–water partition coefficient (Wildman–Crippen LogP) is 2.64. The number of halogens is 3. The Balaban J connectivity index is 2.17. The van der Waals surface area contributed by atoms with E-state index in [9.17, 15) is 10.2 Å². The molecule has 1 fully saturated rings. The zero-order valence-corrected chi connectivity index (χ0v) is 12.6. The molecule has 1 saturated heterocycles. The van der Waals surface area contributed by atoms with Crippen molar-refractivity contribution in [3.63, 3.8) is 0 Å². The summed E-state index contributed by atoms with van der Waals surface area (Å²) in [5.41, 5.74) is 1.11. The molecule has 2 heterocycles. The van der Waals surface area contributed by atoms with Crippen LogP contribution in [0.25, 0.3) is 11.0 Å². The number of nitrogens with zero attached hydrogens (tertiary/aromatic N) is 2. The smallest absolute Gasteiger partial charge is 0.206 e. The van der Waals surface area contributed by atoms with Gasteiger partial charge in [0.2, 0.25) is 5.28 Å². The first kappa shape index (κ1) is 14.4. The van der Waals surface area contributed by atoms with Crippen LogP contribution in [0.15, 0.2) is 12.1 Å². The van der Waals surface area contributed by atoms with Crippen molar-refractivity contribution in [1.82, 2.24) is 9.55 Å². The van der Waals surface area contributed by atoms with E-state index in [1.165, 1.54) is 4.57 Å². The molecular formula is C12H11Cl3N2O3. The van der Waals surface area contributed by atoms with Crippen molar-refractivity contribution in [3.8, 4) is 0 Å². The molecule has 0 unspecified atom stereocenters. The van der Waals surface area contributed by atoms with E-state index >= 15 is 0 Å². The van der Waals surface area contributed by atoms with E-state index in [0.717, 1.165) is 0 Å². The van der Waals surface area contributed by atoms with Gasteiger partial charge < -0.3 is 14.9 Å². The van der Waals surface area contributed by atoms with Crippen LogP contribution in [0.2, 0.25) is 15.3 Å². The second-order valence-electron chi connectivity index (χ2n) is 4.72. The maximum absolute atomic E-state index is 10.1. The minimum atomic E-state index is -1.10. The number of imidazole rings is 1. The summed E-state index contributed by atoms with van der Waals surface area (Å²) < 4.78 is 7.05. The Morgan fingerprint density at radius 1 is 1.15 bits per heavy atom. The van der Waals surface area contributed by atoms with Gasteiger partial charge in [0.15, 0.2) is 6.23 Å². The lowest BCUT2D eigenvalue weighted by Crippen LogP contribution is -2.30. The number of fused-ring (bicyclic) bond motifs is 1. The number of hydrogen-bond acceptors (Lipinski definition) is 4. The summed E-state index contributed by atoms with van der Waals surface area (Å²) in [4.78, 5) is 4.16. The summed E-state index contributed by atoms with van der Waals surface area (Å²) in [6, 6.07) is 3.19. The first-order valence-corrected chi connectivity index (χ1v) is 7.07. The third-order valence-corrected chi connectivity index (χ3v) is 4.41. The Labute approximate surface area is 129 Å². The zero-order valence-electron chi connectivity index (χ0n) is 10.3. The molecule has 0 saturated carbocycles. The minimum absolute atomic E-state index is 0.128. The number of aliphatic hydroxyl groups is 2. The first-order valence-electron chi connectivity index (χ1n) is 5.94. The van der Waals surface area contributed by atoms with Gasteiger partial charge in [0.25, 0.3) is 0 Å². The molecule has 20 heavy (non-hydrogen) atoms. The van der Waals surface area contributed by atoms with Crippen molar-refractivity contribution in [1.29, 1.82) is 0 Å². The van der Waals surface area contributed by atoms with Crippen LogP contribution < -0.4 is 0 Å². The molecule has 1 aromatic carbocycles. The average molecular weight is 338 g/mol. The number of hydrogen-bond donors (Lipinski definition) is 2. The minimum Gasteiger partial charge on any atom is -0.388 e. The predicted molar refractivity (Wildman–Crippen MR) is 76.4 cm³/mol. The molecule has 2 N–H and O–H groups in total. The number of ether oxygens (including phenoxy) is 1. The van der Waals surface area contributed by atoms with Gasteiger partial charge in [0.1, 0.15) is 12.2 Å². The zero-order chi connectivity index (χ0) is 14.6. The molecule has 1 aliphatic rings. The third-order valence-electron chi connectivity index (χ3n) is 3.42. The number of rotatable bonds is 1. The second kappa shape index (κ2) is 5.02. The normalized spacial score (nSPS) is 30.3. The fourth-order valence-corrected chi connectivity index (χ4v) is 2.94. The average Bonchev–Trinajstić information content (AvgIpc) is 2.81. The largest absolute Gasteiger partial charge is 0.388 e. The highest BCUT2D eigenvalue weighted by atomic mass is 35.5. The summed E-state index contributed by atoms with van der Waals surface area (Å²) in [6.07, 6.45) is -3.42. The summed E-state index contributed by atoms with van der Waals surface area (Å²) in [5, 5.41) is 20.7. The fraction of sp³-hybridized carbons (Fsp3) is 0.417. The van der Waals surface area contributed by atoms with Crippen molar-refractivity contribution in [2.24, 2.45) is 0 Å². The Morgan fingerprint density at radius 2 is 1.80 bits per heavy atom. The van der Waals surface area contributed by atoms with E-state index in [-0.39, 0.29) is 5.28 Å². The SMILES string of the molecule is C[C@@H]1O[C@@H](n2c(Cl)nc3cc(Cl)c(Cl)cc32)[C@H](O)[C@@H]1O. The summed E-state index contributed by atoms with van der Waals surface area (Å²) >= 11 is 18.0. The summed E-state index contributed by atoms with van der Waals surface area (Å²) in [5.74, 6) is 0. The Hall–Kier alpha value is -0.560. The molecule has 0 amide bonds. The van der Waals surface area contributed by atoms with Gasteiger partial charge in [-0.2, -0.15) is 0 Å². The quantitative estimate of drug-likeness (QED) is 0.839. The van der Waals surface area contributed by atoms with Gasteiger partial charge in [-0.05, 0) is 30.7 Å². The summed E-state index contributed by atoms with van der Waals surface area (Å²) in [7, 11) is 0. The number of aliphatic hydroxyl groups excluding tert-OH is 2. The molecule has 5 nitrogen and oxygen atoms in total. The molecule has 1 aromatic heterocycles. The van der Waals surface area contributed by atoms with Gasteiger partial charge in [0, 0.05) is 0 Å². The molecule has 1 aliphatic heterocycles. The Bertz CT molecular complexity index is 676. The van der Waals surface area contributed by atoms with Crippen LogP contribution >= 0.6 is 34.8 Å². The van der Waals surface area contributed by atoms with Gasteiger partial charge in [-0.3, -0.25) is 4.57 Å². The fourth-order valence-electron chi connectivity index (χ4n) is 2.34. The van der Waals surface area contributed by atoms with Gasteiger partial charge in [-0.25, -0.2) is 4.98 Å². The van der Waals surface area contributed by atoms with Crippen molar-refractivity contribution in [2.45, 2.75) is 31.5 Å². The lowest BCUT2D eigenvalue weighted by atomic mass is 10.1. The van der Waals surface area contributed by atoms with E-state index in [1.54, 1.807) is 19.1 Å². The highest BCUT2D eigenvalue weighted by Crippen LogP contribution is 2.36. The molecule has 0 bridgehead atoms. The number of benzene rings is 1. The topological polar surface area (TPSA) is 67.5 Å². The lowest BCUT2D eigenvalue weighted by molar-refractivity contribution is -0.0294. The second-order valence-corrected chi connectivity index (χ2v) is 5.87. The maximum atomic E-state index is 10.1. The molecule has 3 rings (SSSR count). The van der Waals surface area contributed by atoms with Gasteiger partial charge in [-0.1, -0.05) is 23.2 Å². The molecule has 108 valence electrons. The highest BCUT2D eigenvalue weighted by Gasteiger charge is 2.42. The molecular weight excluding hydrogens is 327 g/mol. The van der Waals surface area contributed by atoms with Gasteiger partial charge in [-0.15, -0.1) is 0 Å². The van der Waals surface area contributed by atoms with Gasteiger partial charge >= 0.3 is 0 Å². The van der Waals surface area contributed by atoms with E-state index in [4.69, 9.17) is 39.5 Å². The molecule has 4 atom stereocenters. The van der Waals surface area contributed by atoms with Crippen molar-refractivity contribution < 1.29 is 14.9 Å². The molecule has 0 spiro atoms. The maximum Gasteiger partial charge on any atom is 0.206 e. The van der Waals surface area contributed by atoms with Crippen LogP contribution in [-0.4, -0.2) is 38.1 Å². The van der Waals surface area contributed by atoms with Crippen LogP contribution in [0.4, 0.5) is 0 Å². The van der Waals surface area contributed by atoms with Crippen LogP contribution in [0.5, 0.6) is 0 Å². The van der Waals surface area contributed by atoms with Gasteiger partial charge in [0.05, 0.1) is 27.2 Å². The van der Waals surface area contributed by atoms with Crippen molar-refractivity contribution in [2.75, 3.05) is 0 Å². The molecule has 2 aromatic rings. The van der Waals surface area contributed by atoms with Crippen LogP contribution in [0.3, 0.4) is 0 Å². The van der Waals surface area contributed by atoms with Crippen LogP contribution in [-0.2, 0) is 4.74 Å². The lowest BCUT2D eigenvalue weighted by Gasteiger charge is -2.18. The Morgan fingerprint density at radius 3 is 2.40 bits per heavy atom. The highest BCUT2D eigenvalue weighted by molar-refractivity contribution is 6.42. The van der Waals surface area contributed by atoms with Crippen LogP contribution in [0.1, 0.15) is 13.2 Å². The molecule has 0 radical (unpaired) electrons. The van der Waals surface area contributed by atoms with E-state index < -0.39 is 24.5 Å². The van der Waals surface area contributed by atoms with Crippen molar-refractivity contribution >= 4 is 45.8 Å². The van der Waals surface area contributed by atoms with Crippen molar-refractivity contribution in [3.05, 3.63) is 27.5 Å². The molecule has 8 heteroatoms. The number of aromatic nitrogens is 2. The standard InChI is InChI=1S/C12H11Cl3N2O3/c1-4-9(18)10(19)11(20-4)17-8-3-6(14)5(13)2-7(8)16-12(17)15/h2-4,9-11,18-19H,1H3/t4-,9+,10+,11+/m0/s1. The monoisotopic (exact) mass is 336 g/mol. The molecule has 0 aliphatic carbocycles. The van der Waals surface area contributed by atoms with E-state index in [2.05, 4.69) is 4.98 Å². The van der Waals surface area contributed by atoms with Crippen LogP contribution in [0, 0.1) is 0 Å². The van der Waals surface area contributed by atoms with E-state index in [0.29, 0.717) is 21.1 Å².